The molecule has 0 aliphatic carbocycles. The lowest BCUT2D eigenvalue weighted by Crippen LogP contribution is -2.27. The van der Waals surface area contributed by atoms with Crippen LogP contribution in [-0.4, -0.2) is 39.1 Å². The number of amides is 1. The predicted octanol–water partition coefficient (Wildman–Crippen LogP) is 1.59. The van der Waals surface area contributed by atoms with Gasteiger partial charge in [0.05, 0.1) is 13.5 Å². The maximum atomic E-state index is 11.8. The maximum Gasteiger partial charge on any atom is 0.224 e. The largest absolute Gasteiger partial charge is 0.496 e. The van der Waals surface area contributed by atoms with Crippen LogP contribution >= 0.6 is 0 Å². The van der Waals surface area contributed by atoms with Gasteiger partial charge in [-0.15, -0.1) is 0 Å². The van der Waals surface area contributed by atoms with Crippen LogP contribution in [0.3, 0.4) is 0 Å². The van der Waals surface area contributed by atoms with Crippen molar-refractivity contribution in [1.29, 1.82) is 0 Å². The Balaban J connectivity index is 2.67. The topological polar surface area (TPSA) is 64.6 Å². The lowest BCUT2D eigenvalue weighted by Gasteiger charge is -2.10. The van der Waals surface area contributed by atoms with Gasteiger partial charge in [-0.2, -0.15) is 0 Å². The Morgan fingerprint density at radius 1 is 1.25 bits per heavy atom. The van der Waals surface area contributed by atoms with Crippen molar-refractivity contribution < 1.29 is 19.1 Å². The Morgan fingerprint density at radius 3 is 2.60 bits per heavy atom. The molecule has 0 unspecified atom stereocenters. The molecule has 0 aliphatic rings. The second-order valence-corrected chi connectivity index (χ2v) is 4.46. The molecule has 0 fully saturated rings. The first-order valence-corrected chi connectivity index (χ1v) is 6.52. The summed E-state index contributed by atoms with van der Waals surface area (Å²) in [6.45, 7) is 2.68. The second-order valence-electron chi connectivity index (χ2n) is 4.46. The fourth-order valence-corrected chi connectivity index (χ4v) is 1.82. The van der Waals surface area contributed by atoms with E-state index in [1.807, 2.05) is 0 Å². The van der Waals surface area contributed by atoms with Crippen LogP contribution in [0.2, 0.25) is 0 Å². The molecule has 5 nitrogen and oxygen atoms in total. The van der Waals surface area contributed by atoms with Gasteiger partial charge in [0.25, 0.3) is 0 Å². The summed E-state index contributed by atoms with van der Waals surface area (Å²) < 4.78 is 10.1. The lowest BCUT2D eigenvalue weighted by molar-refractivity contribution is -0.120. The number of ketones is 1. The zero-order chi connectivity index (χ0) is 15.0. The van der Waals surface area contributed by atoms with Crippen LogP contribution in [0.15, 0.2) is 18.2 Å². The maximum absolute atomic E-state index is 11.8. The van der Waals surface area contributed by atoms with Crippen LogP contribution in [-0.2, 0) is 16.0 Å². The molecule has 1 aromatic carbocycles. The van der Waals surface area contributed by atoms with E-state index in [0.717, 1.165) is 6.42 Å². The standard InChI is InChI=1S/C15H21NO4/c1-11(17)12-5-6-14(20-3)13(9-12)10-15(18)16-7-4-8-19-2/h5-6,9H,4,7-8,10H2,1-3H3,(H,16,18). The van der Waals surface area contributed by atoms with E-state index in [4.69, 9.17) is 9.47 Å². The van der Waals surface area contributed by atoms with E-state index in [1.165, 1.54) is 6.92 Å². The zero-order valence-electron chi connectivity index (χ0n) is 12.2. The van der Waals surface area contributed by atoms with Crippen molar-refractivity contribution in [2.75, 3.05) is 27.4 Å². The van der Waals surface area contributed by atoms with Gasteiger partial charge in [-0.25, -0.2) is 0 Å². The number of methoxy groups -OCH3 is 2. The van der Waals surface area contributed by atoms with Crippen molar-refractivity contribution in [1.82, 2.24) is 5.32 Å². The average Bonchev–Trinajstić information content (AvgIpc) is 2.43. The van der Waals surface area contributed by atoms with Gasteiger partial charge in [0.2, 0.25) is 5.91 Å². The minimum absolute atomic E-state index is 0.0330. The summed E-state index contributed by atoms with van der Waals surface area (Å²) in [7, 11) is 3.17. The van der Waals surface area contributed by atoms with Crippen molar-refractivity contribution in [2.24, 2.45) is 0 Å². The molecule has 5 heteroatoms. The fourth-order valence-electron chi connectivity index (χ4n) is 1.82. The zero-order valence-corrected chi connectivity index (χ0v) is 12.2. The van der Waals surface area contributed by atoms with Gasteiger partial charge in [-0.1, -0.05) is 0 Å². The smallest absolute Gasteiger partial charge is 0.224 e. The molecule has 0 saturated carbocycles. The molecule has 0 radical (unpaired) electrons. The van der Waals surface area contributed by atoms with Crippen LogP contribution in [0.1, 0.15) is 29.3 Å². The molecule has 0 saturated heterocycles. The van der Waals surface area contributed by atoms with Crippen LogP contribution in [0.25, 0.3) is 0 Å². The van der Waals surface area contributed by atoms with Crippen molar-refractivity contribution in [2.45, 2.75) is 19.8 Å². The van der Waals surface area contributed by atoms with Gasteiger partial charge >= 0.3 is 0 Å². The molecular weight excluding hydrogens is 258 g/mol. The predicted molar refractivity (Wildman–Crippen MR) is 76.2 cm³/mol. The van der Waals surface area contributed by atoms with Crippen molar-refractivity contribution >= 4 is 11.7 Å². The number of nitrogens with one attached hydrogen (secondary N) is 1. The summed E-state index contributed by atoms with van der Waals surface area (Å²) in [4.78, 5) is 23.2. The Bertz CT molecular complexity index is 471. The van der Waals surface area contributed by atoms with E-state index < -0.39 is 0 Å². The average molecular weight is 279 g/mol. The summed E-state index contributed by atoms with van der Waals surface area (Å²) in [5.41, 5.74) is 1.29. The Kier molecular flexibility index (Phi) is 6.73. The highest BCUT2D eigenvalue weighted by Crippen LogP contribution is 2.20. The highest BCUT2D eigenvalue weighted by molar-refractivity contribution is 5.94. The van der Waals surface area contributed by atoms with E-state index in [0.29, 0.717) is 30.0 Å². The van der Waals surface area contributed by atoms with Gasteiger partial charge in [0.15, 0.2) is 5.78 Å². The molecule has 110 valence electrons. The number of carbonyl (C=O) groups is 2. The Hall–Kier alpha value is -1.88. The summed E-state index contributed by atoms with van der Waals surface area (Å²) >= 11 is 0. The van der Waals surface area contributed by atoms with Crippen LogP contribution in [0.5, 0.6) is 5.75 Å². The summed E-state index contributed by atoms with van der Waals surface area (Å²) in [5.74, 6) is 0.483. The number of carbonyl (C=O) groups excluding carboxylic acids is 2. The minimum atomic E-state index is -0.0971. The molecule has 0 aliphatic heterocycles. The molecule has 1 aromatic rings. The van der Waals surface area contributed by atoms with Gasteiger partial charge in [0.1, 0.15) is 5.75 Å². The third-order valence-electron chi connectivity index (χ3n) is 2.89. The Morgan fingerprint density at radius 2 is 2.00 bits per heavy atom. The Labute approximate surface area is 119 Å². The van der Waals surface area contributed by atoms with E-state index in [9.17, 15) is 9.59 Å². The summed E-state index contributed by atoms with van der Waals surface area (Å²) in [6.07, 6.45) is 0.962. The molecule has 1 amide bonds. The number of hydrogen-bond donors (Lipinski definition) is 1. The van der Waals surface area contributed by atoms with Gasteiger partial charge in [-0.3, -0.25) is 9.59 Å². The van der Waals surface area contributed by atoms with Crippen molar-refractivity contribution in [3.8, 4) is 5.75 Å². The van der Waals surface area contributed by atoms with E-state index in [1.54, 1.807) is 32.4 Å². The first kappa shape index (κ1) is 16.2. The third kappa shape index (κ3) is 5.01. The first-order valence-electron chi connectivity index (χ1n) is 6.52. The number of benzene rings is 1. The highest BCUT2D eigenvalue weighted by atomic mass is 16.5. The number of ether oxygens (including phenoxy) is 2. The molecule has 1 rings (SSSR count). The molecule has 20 heavy (non-hydrogen) atoms. The third-order valence-corrected chi connectivity index (χ3v) is 2.89. The molecule has 0 spiro atoms. The highest BCUT2D eigenvalue weighted by Gasteiger charge is 2.11. The summed E-state index contributed by atoms with van der Waals surface area (Å²) in [5, 5.41) is 2.81. The quantitative estimate of drug-likeness (QED) is 0.580. The van der Waals surface area contributed by atoms with Gasteiger partial charge in [0, 0.05) is 31.4 Å². The number of Topliss-reactive ketones (excluding diaryl/α,β-unsaturated/α-hetero) is 1. The molecule has 0 aromatic heterocycles. The van der Waals surface area contributed by atoms with Gasteiger partial charge in [-0.05, 0) is 31.5 Å². The minimum Gasteiger partial charge on any atom is -0.496 e. The van der Waals surface area contributed by atoms with E-state index >= 15 is 0 Å². The lowest BCUT2D eigenvalue weighted by atomic mass is 10.0. The fraction of sp³-hybridized carbons (Fsp3) is 0.467. The van der Waals surface area contributed by atoms with Crippen LogP contribution in [0.4, 0.5) is 0 Å². The van der Waals surface area contributed by atoms with Crippen molar-refractivity contribution in [3.05, 3.63) is 29.3 Å². The normalized spacial score (nSPS) is 10.2. The molecule has 0 heterocycles. The molecular formula is C15H21NO4. The number of hydrogen-bond acceptors (Lipinski definition) is 4. The monoisotopic (exact) mass is 279 g/mol. The van der Waals surface area contributed by atoms with E-state index in [2.05, 4.69) is 5.32 Å². The summed E-state index contributed by atoms with van der Waals surface area (Å²) in [6, 6.07) is 5.11. The molecule has 0 bridgehead atoms. The number of rotatable bonds is 8. The van der Waals surface area contributed by atoms with Crippen LogP contribution < -0.4 is 10.1 Å². The van der Waals surface area contributed by atoms with E-state index in [-0.39, 0.29) is 18.1 Å². The van der Waals surface area contributed by atoms with Crippen LogP contribution in [0, 0.1) is 0 Å². The molecule has 0 atom stereocenters. The molecule has 1 N–H and O–H groups in total. The first-order chi connectivity index (χ1) is 9.58. The second kappa shape index (κ2) is 8.32. The SMILES string of the molecule is COCCCNC(=O)Cc1cc(C(C)=O)ccc1OC. The van der Waals surface area contributed by atoms with Crippen molar-refractivity contribution in [3.63, 3.8) is 0 Å². The van der Waals surface area contributed by atoms with Gasteiger partial charge < -0.3 is 14.8 Å².